The van der Waals surface area contributed by atoms with Gasteiger partial charge in [0, 0.05) is 50.7 Å². The predicted molar refractivity (Wildman–Crippen MR) is 114 cm³/mol. The standard InChI is InChI=1S/C18H25N5OS2/c1-21(2)16-11-15(12-17(20-16)22(3)4)26-14-9-7-13(8-10-14)19-18(25)23(5)24-6/h7-12H,1-6H3,(H,19,25). The van der Waals surface area contributed by atoms with Crippen molar-refractivity contribution >= 4 is 46.4 Å². The maximum absolute atomic E-state index is 5.24. The van der Waals surface area contributed by atoms with Crippen molar-refractivity contribution < 1.29 is 4.84 Å². The fraction of sp³-hybridized carbons (Fsp3) is 0.333. The molecule has 26 heavy (non-hydrogen) atoms. The zero-order valence-corrected chi connectivity index (χ0v) is 17.6. The number of hydrogen-bond donors (Lipinski definition) is 1. The Morgan fingerprint density at radius 1 is 0.962 bits per heavy atom. The van der Waals surface area contributed by atoms with E-state index < -0.39 is 0 Å². The van der Waals surface area contributed by atoms with Gasteiger partial charge < -0.3 is 15.1 Å². The molecule has 0 aliphatic carbocycles. The van der Waals surface area contributed by atoms with Gasteiger partial charge in [-0.2, -0.15) is 0 Å². The van der Waals surface area contributed by atoms with E-state index in [0.29, 0.717) is 5.11 Å². The second-order valence-corrected chi connectivity index (χ2v) is 7.58. The van der Waals surface area contributed by atoms with Gasteiger partial charge in [-0.1, -0.05) is 11.8 Å². The summed E-state index contributed by atoms with van der Waals surface area (Å²) in [6, 6.07) is 12.3. The van der Waals surface area contributed by atoms with Gasteiger partial charge in [-0.3, -0.25) is 4.84 Å². The maximum atomic E-state index is 5.24. The summed E-state index contributed by atoms with van der Waals surface area (Å²) >= 11 is 6.94. The Labute approximate surface area is 165 Å². The minimum absolute atomic E-state index is 0.508. The number of thiocarbonyl (C=S) groups is 1. The highest BCUT2D eigenvalue weighted by atomic mass is 32.2. The van der Waals surface area contributed by atoms with Gasteiger partial charge in [0.05, 0.1) is 7.11 Å². The lowest BCUT2D eigenvalue weighted by atomic mass is 10.3. The summed E-state index contributed by atoms with van der Waals surface area (Å²) < 4.78 is 0. The van der Waals surface area contributed by atoms with Crippen molar-refractivity contribution in [1.82, 2.24) is 10.0 Å². The molecule has 6 nitrogen and oxygen atoms in total. The Hall–Kier alpha value is -2.03. The molecule has 0 amide bonds. The number of anilines is 3. The molecule has 2 rings (SSSR count). The van der Waals surface area contributed by atoms with Crippen molar-refractivity contribution in [3.63, 3.8) is 0 Å². The second kappa shape index (κ2) is 9.07. The Morgan fingerprint density at radius 2 is 1.50 bits per heavy atom. The number of pyridine rings is 1. The largest absolute Gasteiger partial charge is 0.363 e. The van der Waals surface area contributed by atoms with Crippen molar-refractivity contribution in [2.75, 3.05) is 57.5 Å². The van der Waals surface area contributed by atoms with Crippen molar-refractivity contribution in [3.8, 4) is 0 Å². The molecule has 0 spiro atoms. The quantitative estimate of drug-likeness (QED) is 0.592. The first-order chi connectivity index (χ1) is 12.3. The summed E-state index contributed by atoms with van der Waals surface area (Å²) in [5.74, 6) is 1.87. The van der Waals surface area contributed by atoms with E-state index in [0.717, 1.165) is 27.1 Å². The van der Waals surface area contributed by atoms with Crippen LogP contribution >= 0.6 is 24.0 Å². The minimum atomic E-state index is 0.508. The lowest BCUT2D eigenvalue weighted by Crippen LogP contribution is -2.29. The molecule has 0 radical (unpaired) electrons. The number of nitrogens with zero attached hydrogens (tertiary/aromatic N) is 4. The minimum Gasteiger partial charge on any atom is -0.363 e. The smallest absolute Gasteiger partial charge is 0.197 e. The first kappa shape index (κ1) is 20.3. The molecule has 0 bridgehead atoms. The molecule has 1 N–H and O–H groups in total. The third kappa shape index (κ3) is 5.48. The number of nitrogens with one attached hydrogen (secondary N) is 1. The molecule has 2 aromatic rings. The normalized spacial score (nSPS) is 10.4. The van der Waals surface area contributed by atoms with E-state index in [9.17, 15) is 0 Å². The Bertz CT molecular complexity index is 723. The van der Waals surface area contributed by atoms with Gasteiger partial charge in [0.1, 0.15) is 11.6 Å². The Morgan fingerprint density at radius 3 is 1.96 bits per heavy atom. The molecule has 0 unspecified atom stereocenters. The highest BCUT2D eigenvalue weighted by molar-refractivity contribution is 7.99. The van der Waals surface area contributed by atoms with Crippen LogP contribution in [0.15, 0.2) is 46.2 Å². The van der Waals surface area contributed by atoms with Crippen LogP contribution in [0.1, 0.15) is 0 Å². The molecule has 0 aliphatic rings. The van der Waals surface area contributed by atoms with Gasteiger partial charge in [0.15, 0.2) is 5.11 Å². The Kier molecular flexibility index (Phi) is 7.07. The predicted octanol–water partition coefficient (Wildman–Crippen LogP) is 3.55. The summed E-state index contributed by atoms with van der Waals surface area (Å²) in [5, 5.41) is 5.14. The molecular formula is C18H25N5OS2. The highest BCUT2D eigenvalue weighted by Gasteiger charge is 2.08. The van der Waals surface area contributed by atoms with Crippen LogP contribution in [0.2, 0.25) is 0 Å². The van der Waals surface area contributed by atoms with Gasteiger partial charge in [0.25, 0.3) is 0 Å². The number of rotatable bonds is 6. The van der Waals surface area contributed by atoms with Crippen LogP contribution in [0.3, 0.4) is 0 Å². The number of hydrogen-bond acceptors (Lipinski definition) is 6. The van der Waals surface area contributed by atoms with Crippen LogP contribution < -0.4 is 15.1 Å². The molecule has 0 saturated heterocycles. The third-order valence-corrected chi connectivity index (χ3v) is 4.93. The van der Waals surface area contributed by atoms with Gasteiger partial charge in [-0.05, 0) is 48.6 Å². The van der Waals surface area contributed by atoms with E-state index in [2.05, 4.69) is 34.6 Å². The fourth-order valence-corrected chi connectivity index (χ4v) is 3.09. The monoisotopic (exact) mass is 391 g/mol. The van der Waals surface area contributed by atoms with Crippen LogP contribution in [0, 0.1) is 0 Å². The zero-order chi connectivity index (χ0) is 19.3. The van der Waals surface area contributed by atoms with Gasteiger partial charge in [-0.15, -0.1) is 0 Å². The van der Waals surface area contributed by atoms with Gasteiger partial charge >= 0.3 is 0 Å². The van der Waals surface area contributed by atoms with E-state index in [4.69, 9.17) is 17.1 Å². The van der Waals surface area contributed by atoms with Crippen LogP contribution in [0.4, 0.5) is 17.3 Å². The van der Waals surface area contributed by atoms with Gasteiger partial charge in [0.2, 0.25) is 0 Å². The van der Waals surface area contributed by atoms with E-state index in [1.54, 1.807) is 25.9 Å². The number of benzene rings is 1. The second-order valence-electron chi connectivity index (χ2n) is 6.04. The van der Waals surface area contributed by atoms with E-state index in [-0.39, 0.29) is 0 Å². The lowest BCUT2D eigenvalue weighted by Gasteiger charge is -2.19. The number of hydroxylamine groups is 2. The van der Waals surface area contributed by atoms with Crippen LogP contribution in [-0.4, -0.2) is 57.5 Å². The van der Waals surface area contributed by atoms with Crippen LogP contribution in [0.5, 0.6) is 0 Å². The van der Waals surface area contributed by atoms with Crippen molar-refractivity contribution in [2.24, 2.45) is 0 Å². The summed E-state index contributed by atoms with van der Waals surface area (Å²) in [6.07, 6.45) is 0. The molecule has 0 aliphatic heterocycles. The summed E-state index contributed by atoms with van der Waals surface area (Å²) in [5.41, 5.74) is 0.918. The average Bonchev–Trinajstić information content (AvgIpc) is 2.62. The summed E-state index contributed by atoms with van der Waals surface area (Å²) in [4.78, 5) is 16.0. The zero-order valence-electron chi connectivity index (χ0n) is 16.0. The SMILES string of the molecule is CON(C)C(=S)Nc1ccc(Sc2cc(N(C)C)nc(N(C)C)c2)cc1. The molecule has 1 heterocycles. The van der Waals surface area contributed by atoms with E-state index in [1.165, 1.54) is 5.06 Å². The van der Waals surface area contributed by atoms with Crippen LogP contribution in [-0.2, 0) is 4.84 Å². The molecule has 0 fully saturated rings. The summed E-state index contributed by atoms with van der Waals surface area (Å²) in [7, 11) is 11.3. The molecule has 140 valence electrons. The molecule has 0 saturated carbocycles. The van der Waals surface area contributed by atoms with Crippen molar-refractivity contribution in [2.45, 2.75) is 9.79 Å². The molecule has 1 aromatic carbocycles. The maximum Gasteiger partial charge on any atom is 0.197 e. The van der Waals surface area contributed by atoms with Crippen molar-refractivity contribution in [1.29, 1.82) is 0 Å². The third-order valence-electron chi connectivity index (χ3n) is 3.59. The van der Waals surface area contributed by atoms with Gasteiger partial charge in [-0.25, -0.2) is 10.0 Å². The van der Waals surface area contributed by atoms with E-state index >= 15 is 0 Å². The molecular weight excluding hydrogens is 366 g/mol. The topological polar surface area (TPSA) is 43.9 Å². The molecule has 0 atom stereocenters. The van der Waals surface area contributed by atoms with Crippen molar-refractivity contribution in [3.05, 3.63) is 36.4 Å². The first-order valence-electron chi connectivity index (χ1n) is 8.03. The first-order valence-corrected chi connectivity index (χ1v) is 9.26. The Balaban J connectivity index is 2.14. The van der Waals surface area contributed by atoms with E-state index in [1.807, 2.05) is 50.1 Å². The van der Waals surface area contributed by atoms with Crippen LogP contribution in [0.25, 0.3) is 0 Å². The average molecular weight is 392 g/mol. The molecule has 1 aromatic heterocycles. The highest BCUT2D eigenvalue weighted by Crippen LogP contribution is 2.32. The number of aromatic nitrogens is 1. The fourth-order valence-electron chi connectivity index (χ4n) is 2.02. The lowest BCUT2D eigenvalue weighted by molar-refractivity contribution is -0.0391. The molecule has 8 heteroatoms. The summed E-state index contributed by atoms with van der Waals surface area (Å²) in [6.45, 7) is 0.